The first-order valence-corrected chi connectivity index (χ1v) is 8.24. The highest BCUT2D eigenvalue weighted by atomic mass is 35.5. The first kappa shape index (κ1) is 18.6. The molecular weight excluding hydrogens is 340 g/mol. The summed E-state index contributed by atoms with van der Waals surface area (Å²) in [6.07, 6.45) is 0.840. The lowest BCUT2D eigenvalue weighted by Gasteiger charge is -2.14. The maximum absolute atomic E-state index is 12.4. The van der Waals surface area contributed by atoms with Crippen molar-refractivity contribution in [3.63, 3.8) is 0 Å². The SMILES string of the molecule is CCCOc1c(Cl)cc(C(=O)NCc2ccc(C#N)cc2)cc1OC. The van der Waals surface area contributed by atoms with Crippen molar-refractivity contribution in [2.24, 2.45) is 0 Å². The Balaban J connectivity index is 2.10. The highest BCUT2D eigenvalue weighted by molar-refractivity contribution is 6.32. The molecule has 0 atom stereocenters. The molecule has 0 radical (unpaired) electrons. The lowest BCUT2D eigenvalue weighted by Crippen LogP contribution is -2.22. The number of carbonyl (C=O) groups excluding carboxylic acids is 1. The molecular formula is C19H19ClN2O3. The number of nitrogens with one attached hydrogen (secondary N) is 1. The number of nitriles is 1. The van der Waals surface area contributed by atoms with Gasteiger partial charge in [0.2, 0.25) is 0 Å². The van der Waals surface area contributed by atoms with E-state index in [4.69, 9.17) is 26.3 Å². The fourth-order valence-electron chi connectivity index (χ4n) is 2.18. The van der Waals surface area contributed by atoms with Crippen LogP contribution in [0.25, 0.3) is 0 Å². The summed E-state index contributed by atoms with van der Waals surface area (Å²) in [5, 5.41) is 11.9. The van der Waals surface area contributed by atoms with Crippen LogP contribution in [0.15, 0.2) is 36.4 Å². The fraction of sp³-hybridized carbons (Fsp3) is 0.263. The lowest BCUT2D eigenvalue weighted by atomic mass is 10.1. The molecule has 0 unspecified atom stereocenters. The Labute approximate surface area is 152 Å². The van der Waals surface area contributed by atoms with Gasteiger partial charge in [0.1, 0.15) is 0 Å². The molecule has 0 heterocycles. The molecule has 0 fully saturated rings. The van der Waals surface area contributed by atoms with E-state index in [2.05, 4.69) is 11.4 Å². The van der Waals surface area contributed by atoms with Crippen molar-refractivity contribution >= 4 is 17.5 Å². The lowest BCUT2D eigenvalue weighted by molar-refractivity contribution is 0.0950. The molecule has 25 heavy (non-hydrogen) atoms. The predicted molar refractivity (Wildman–Crippen MR) is 96.1 cm³/mol. The van der Waals surface area contributed by atoms with Gasteiger partial charge in [-0.25, -0.2) is 0 Å². The number of rotatable bonds is 7. The monoisotopic (exact) mass is 358 g/mol. The number of amides is 1. The maximum Gasteiger partial charge on any atom is 0.251 e. The molecule has 2 rings (SSSR count). The topological polar surface area (TPSA) is 71.3 Å². The van der Waals surface area contributed by atoms with Gasteiger partial charge in [0.25, 0.3) is 5.91 Å². The van der Waals surface area contributed by atoms with Crippen LogP contribution in [-0.4, -0.2) is 19.6 Å². The van der Waals surface area contributed by atoms with Crippen LogP contribution >= 0.6 is 11.6 Å². The summed E-state index contributed by atoms with van der Waals surface area (Å²) >= 11 is 6.23. The van der Waals surface area contributed by atoms with Crippen molar-refractivity contribution in [1.82, 2.24) is 5.32 Å². The molecule has 0 aliphatic rings. The summed E-state index contributed by atoms with van der Waals surface area (Å²) in [6.45, 7) is 2.85. The van der Waals surface area contributed by atoms with Gasteiger partial charge in [0.05, 0.1) is 30.4 Å². The minimum absolute atomic E-state index is 0.272. The Hall–Kier alpha value is -2.71. The number of ether oxygens (including phenoxy) is 2. The Morgan fingerprint density at radius 2 is 2.00 bits per heavy atom. The summed E-state index contributed by atoms with van der Waals surface area (Å²) in [7, 11) is 1.50. The number of benzene rings is 2. The summed E-state index contributed by atoms with van der Waals surface area (Å²) in [5.74, 6) is 0.589. The Bertz CT molecular complexity index is 782. The van der Waals surface area contributed by atoms with E-state index in [0.717, 1.165) is 12.0 Å². The first-order chi connectivity index (χ1) is 12.1. The summed E-state index contributed by atoms with van der Waals surface area (Å²) < 4.78 is 10.9. The van der Waals surface area contributed by atoms with Gasteiger partial charge in [-0.3, -0.25) is 4.79 Å². The van der Waals surface area contributed by atoms with E-state index in [-0.39, 0.29) is 5.91 Å². The molecule has 2 aromatic carbocycles. The zero-order valence-electron chi connectivity index (χ0n) is 14.1. The molecule has 1 amide bonds. The smallest absolute Gasteiger partial charge is 0.251 e. The summed E-state index contributed by atoms with van der Waals surface area (Å²) in [6, 6.07) is 12.2. The minimum atomic E-state index is -0.272. The third kappa shape index (κ3) is 4.88. The van der Waals surface area contributed by atoms with Gasteiger partial charge in [0.15, 0.2) is 11.5 Å². The second-order valence-corrected chi connectivity index (χ2v) is 5.74. The van der Waals surface area contributed by atoms with E-state index in [9.17, 15) is 4.79 Å². The second-order valence-electron chi connectivity index (χ2n) is 5.33. The predicted octanol–water partition coefficient (Wildman–Crippen LogP) is 3.94. The molecule has 6 heteroatoms. The van der Waals surface area contributed by atoms with Crippen molar-refractivity contribution in [3.05, 3.63) is 58.1 Å². The average molecular weight is 359 g/mol. The van der Waals surface area contributed by atoms with Crippen LogP contribution in [0.4, 0.5) is 0 Å². The Morgan fingerprint density at radius 1 is 1.28 bits per heavy atom. The van der Waals surface area contributed by atoms with Crippen LogP contribution < -0.4 is 14.8 Å². The first-order valence-electron chi connectivity index (χ1n) is 7.86. The van der Waals surface area contributed by atoms with Crippen molar-refractivity contribution in [1.29, 1.82) is 5.26 Å². The molecule has 0 saturated carbocycles. The van der Waals surface area contributed by atoms with E-state index in [1.165, 1.54) is 7.11 Å². The van der Waals surface area contributed by atoms with Gasteiger partial charge in [-0.05, 0) is 36.2 Å². The standard InChI is InChI=1S/C19H19ClN2O3/c1-3-8-25-18-16(20)9-15(10-17(18)24-2)19(23)22-12-14-6-4-13(11-21)5-7-14/h4-7,9-10H,3,8,12H2,1-2H3,(H,22,23). The summed E-state index contributed by atoms with van der Waals surface area (Å²) in [5.41, 5.74) is 1.86. The fourth-order valence-corrected chi connectivity index (χ4v) is 2.44. The molecule has 5 nitrogen and oxygen atoms in total. The van der Waals surface area contributed by atoms with Gasteiger partial charge in [-0.2, -0.15) is 5.26 Å². The molecule has 0 aliphatic heterocycles. The molecule has 0 aromatic heterocycles. The van der Waals surface area contributed by atoms with Crippen LogP contribution in [0.3, 0.4) is 0 Å². The highest BCUT2D eigenvalue weighted by Gasteiger charge is 2.15. The van der Waals surface area contributed by atoms with E-state index in [1.54, 1.807) is 36.4 Å². The van der Waals surface area contributed by atoms with Gasteiger partial charge in [0, 0.05) is 12.1 Å². The number of methoxy groups -OCH3 is 1. The molecule has 0 bridgehead atoms. The normalized spacial score (nSPS) is 10.0. The van der Waals surface area contributed by atoms with E-state index in [0.29, 0.717) is 40.8 Å². The molecule has 0 saturated heterocycles. The minimum Gasteiger partial charge on any atom is -0.493 e. The molecule has 0 aliphatic carbocycles. The summed E-state index contributed by atoms with van der Waals surface area (Å²) in [4.78, 5) is 12.4. The van der Waals surface area contributed by atoms with Crippen LogP contribution in [0.2, 0.25) is 5.02 Å². The largest absolute Gasteiger partial charge is 0.493 e. The number of carbonyl (C=O) groups is 1. The Kier molecular flexibility index (Phi) is 6.67. The third-order valence-electron chi connectivity index (χ3n) is 3.48. The number of hydrogen-bond donors (Lipinski definition) is 1. The highest BCUT2D eigenvalue weighted by Crippen LogP contribution is 2.36. The number of halogens is 1. The number of hydrogen-bond acceptors (Lipinski definition) is 4. The average Bonchev–Trinajstić information content (AvgIpc) is 2.64. The maximum atomic E-state index is 12.4. The molecule has 1 N–H and O–H groups in total. The van der Waals surface area contributed by atoms with Crippen molar-refractivity contribution < 1.29 is 14.3 Å². The van der Waals surface area contributed by atoms with Crippen LogP contribution in [0, 0.1) is 11.3 Å². The van der Waals surface area contributed by atoms with E-state index < -0.39 is 0 Å². The van der Waals surface area contributed by atoms with Crippen molar-refractivity contribution in [2.75, 3.05) is 13.7 Å². The number of nitrogens with zero attached hydrogens (tertiary/aromatic N) is 1. The van der Waals surface area contributed by atoms with Gasteiger partial charge in [-0.15, -0.1) is 0 Å². The van der Waals surface area contributed by atoms with E-state index >= 15 is 0 Å². The van der Waals surface area contributed by atoms with Gasteiger partial charge >= 0.3 is 0 Å². The van der Waals surface area contributed by atoms with Gasteiger partial charge in [-0.1, -0.05) is 30.7 Å². The van der Waals surface area contributed by atoms with Crippen molar-refractivity contribution in [3.8, 4) is 17.6 Å². The molecule has 130 valence electrons. The van der Waals surface area contributed by atoms with Crippen LogP contribution in [0.1, 0.15) is 34.8 Å². The zero-order chi connectivity index (χ0) is 18.2. The van der Waals surface area contributed by atoms with Crippen LogP contribution in [-0.2, 0) is 6.54 Å². The zero-order valence-corrected chi connectivity index (χ0v) is 14.9. The Morgan fingerprint density at radius 3 is 2.60 bits per heavy atom. The molecule has 2 aromatic rings. The second kappa shape index (κ2) is 8.95. The quantitative estimate of drug-likeness (QED) is 0.813. The van der Waals surface area contributed by atoms with E-state index in [1.807, 2.05) is 6.92 Å². The van der Waals surface area contributed by atoms with Gasteiger partial charge < -0.3 is 14.8 Å². The third-order valence-corrected chi connectivity index (χ3v) is 3.76. The molecule has 0 spiro atoms. The van der Waals surface area contributed by atoms with Crippen LogP contribution in [0.5, 0.6) is 11.5 Å². The van der Waals surface area contributed by atoms with Crippen molar-refractivity contribution in [2.45, 2.75) is 19.9 Å².